The van der Waals surface area contributed by atoms with Crippen LogP contribution >= 0.6 is 11.6 Å². The molecule has 0 fully saturated rings. The van der Waals surface area contributed by atoms with Crippen LogP contribution in [0.1, 0.15) is 17.2 Å². The summed E-state index contributed by atoms with van der Waals surface area (Å²) in [5, 5.41) is 26.5. The van der Waals surface area contributed by atoms with E-state index < -0.39 is 23.9 Å². The molecule has 3 nitrogen and oxygen atoms in total. The summed E-state index contributed by atoms with van der Waals surface area (Å²) in [5.41, 5.74) is -1.32. The van der Waals surface area contributed by atoms with Crippen molar-refractivity contribution < 1.29 is 23.4 Å². The molecule has 0 bridgehead atoms. The maximum Gasteiger partial charge on any atom is 0.416 e. The van der Waals surface area contributed by atoms with Crippen molar-refractivity contribution in [2.45, 2.75) is 18.4 Å². The number of nitriles is 1. The quantitative estimate of drug-likeness (QED) is 0.806. The van der Waals surface area contributed by atoms with Gasteiger partial charge in [-0.3, -0.25) is 0 Å². The van der Waals surface area contributed by atoms with Crippen molar-refractivity contribution in [3.63, 3.8) is 0 Å². The highest BCUT2D eigenvalue weighted by atomic mass is 35.5. The summed E-state index contributed by atoms with van der Waals surface area (Å²) < 4.78 is 37.3. The molecule has 2 unspecified atom stereocenters. The lowest BCUT2D eigenvalue weighted by Gasteiger charge is -2.15. The minimum Gasteiger partial charge on any atom is -0.385 e. The monoisotopic (exact) mass is 265 g/mol. The lowest BCUT2D eigenvalue weighted by molar-refractivity contribution is -0.137. The van der Waals surface area contributed by atoms with E-state index in [4.69, 9.17) is 22.0 Å². The van der Waals surface area contributed by atoms with Gasteiger partial charge in [-0.15, -0.1) is 0 Å². The number of nitrogens with zero attached hydrogens (tertiary/aromatic N) is 1. The van der Waals surface area contributed by atoms with E-state index in [1.54, 1.807) is 0 Å². The molecule has 92 valence electrons. The fourth-order valence-corrected chi connectivity index (χ4v) is 1.44. The predicted molar refractivity (Wildman–Crippen MR) is 53.0 cm³/mol. The van der Waals surface area contributed by atoms with Crippen molar-refractivity contribution >= 4 is 11.6 Å². The highest BCUT2D eigenvalue weighted by molar-refractivity contribution is 6.30. The summed E-state index contributed by atoms with van der Waals surface area (Å²) in [6.07, 6.45) is -8.16. The Hall–Kier alpha value is -1.29. The number of rotatable bonds is 2. The number of alkyl halides is 3. The number of aliphatic hydroxyl groups excluding tert-OH is 2. The first kappa shape index (κ1) is 13.8. The Bertz CT molecular complexity index is 456. The van der Waals surface area contributed by atoms with Crippen LogP contribution in [0.3, 0.4) is 0 Å². The minimum absolute atomic E-state index is 0.237. The maximum absolute atomic E-state index is 12.4. The summed E-state index contributed by atoms with van der Waals surface area (Å²) >= 11 is 5.47. The molecule has 1 aromatic rings. The van der Waals surface area contributed by atoms with E-state index in [1.165, 1.54) is 6.07 Å². The minimum atomic E-state index is -4.61. The molecular weight excluding hydrogens is 259 g/mol. The Morgan fingerprint density at radius 1 is 1.24 bits per heavy atom. The largest absolute Gasteiger partial charge is 0.416 e. The van der Waals surface area contributed by atoms with Crippen molar-refractivity contribution in [2.75, 3.05) is 0 Å². The predicted octanol–water partition coefficient (Wildman–Crippen LogP) is 2.28. The topological polar surface area (TPSA) is 64.2 Å². The second kappa shape index (κ2) is 4.92. The SMILES string of the molecule is N#CC(O)C(O)c1cc(Cl)cc(C(F)(F)F)c1. The summed E-state index contributed by atoms with van der Waals surface area (Å²) in [7, 11) is 0. The van der Waals surface area contributed by atoms with E-state index in [0.717, 1.165) is 6.07 Å². The third-order valence-corrected chi connectivity index (χ3v) is 2.24. The molecule has 0 radical (unpaired) electrons. The van der Waals surface area contributed by atoms with E-state index in [0.29, 0.717) is 12.1 Å². The van der Waals surface area contributed by atoms with Crippen molar-refractivity contribution in [2.24, 2.45) is 0 Å². The average Bonchev–Trinajstić information content (AvgIpc) is 2.25. The third-order valence-electron chi connectivity index (χ3n) is 2.02. The van der Waals surface area contributed by atoms with Crippen LogP contribution < -0.4 is 0 Å². The third kappa shape index (κ3) is 3.33. The molecule has 1 rings (SSSR count). The molecule has 0 aliphatic rings. The van der Waals surface area contributed by atoms with Gasteiger partial charge in [-0.2, -0.15) is 18.4 Å². The molecule has 0 aromatic heterocycles. The van der Waals surface area contributed by atoms with Gasteiger partial charge in [-0.1, -0.05) is 11.6 Å². The van der Waals surface area contributed by atoms with Gasteiger partial charge in [-0.25, -0.2) is 0 Å². The Kier molecular flexibility index (Phi) is 3.98. The first-order valence-electron chi connectivity index (χ1n) is 4.39. The molecule has 0 aliphatic heterocycles. The van der Waals surface area contributed by atoms with Crippen LogP contribution in [0.2, 0.25) is 5.02 Å². The van der Waals surface area contributed by atoms with Crippen molar-refractivity contribution in [3.8, 4) is 6.07 Å². The molecular formula is C10H7ClF3NO2. The molecule has 0 aliphatic carbocycles. The van der Waals surface area contributed by atoms with Gasteiger partial charge in [-0.05, 0) is 23.8 Å². The molecule has 1 aromatic carbocycles. The van der Waals surface area contributed by atoms with E-state index >= 15 is 0 Å². The smallest absolute Gasteiger partial charge is 0.385 e. The maximum atomic E-state index is 12.4. The number of hydrogen-bond donors (Lipinski definition) is 2. The number of benzene rings is 1. The Labute approximate surface area is 99.7 Å². The number of aliphatic hydroxyl groups is 2. The lowest BCUT2D eigenvalue weighted by atomic mass is 10.0. The van der Waals surface area contributed by atoms with Crippen LogP contribution in [-0.2, 0) is 6.18 Å². The highest BCUT2D eigenvalue weighted by Gasteiger charge is 2.32. The molecule has 17 heavy (non-hydrogen) atoms. The van der Waals surface area contributed by atoms with Gasteiger partial charge in [0.1, 0.15) is 6.10 Å². The normalized spacial score (nSPS) is 15.1. The molecule has 0 saturated heterocycles. The Balaban J connectivity index is 3.19. The van der Waals surface area contributed by atoms with Gasteiger partial charge in [0.2, 0.25) is 0 Å². The lowest BCUT2D eigenvalue weighted by Crippen LogP contribution is -2.17. The van der Waals surface area contributed by atoms with Crippen LogP contribution in [0.25, 0.3) is 0 Å². The molecule has 0 heterocycles. The van der Waals surface area contributed by atoms with Crippen molar-refractivity contribution in [1.82, 2.24) is 0 Å². The molecule has 0 spiro atoms. The van der Waals surface area contributed by atoms with Crippen molar-refractivity contribution in [1.29, 1.82) is 5.26 Å². The first-order chi connectivity index (χ1) is 7.75. The van der Waals surface area contributed by atoms with Crippen LogP contribution in [-0.4, -0.2) is 16.3 Å². The van der Waals surface area contributed by atoms with Gasteiger partial charge in [0.05, 0.1) is 11.6 Å². The Morgan fingerprint density at radius 3 is 2.29 bits per heavy atom. The van der Waals surface area contributed by atoms with Gasteiger partial charge in [0.15, 0.2) is 6.10 Å². The van der Waals surface area contributed by atoms with Gasteiger partial charge in [0, 0.05) is 5.02 Å². The number of halogens is 4. The van der Waals surface area contributed by atoms with E-state index in [9.17, 15) is 18.3 Å². The second-order valence-corrected chi connectivity index (χ2v) is 3.73. The van der Waals surface area contributed by atoms with E-state index in [2.05, 4.69) is 0 Å². The zero-order valence-corrected chi connectivity index (χ0v) is 9.00. The number of hydrogen-bond acceptors (Lipinski definition) is 3. The summed E-state index contributed by atoms with van der Waals surface area (Å²) in [6, 6.07) is 3.71. The average molecular weight is 266 g/mol. The van der Waals surface area contributed by atoms with Gasteiger partial charge < -0.3 is 10.2 Å². The van der Waals surface area contributed by atoms with E-state index in [-0.39, 0.29) is 10.6 Å². The van der Waals surface area contributed by atoms with Gasteiger partial charge >= 0.3 is 6.18 Å². The van der Waals surface area contributed by atoms with E-state index in [1.807, 2.05) is 0 Å². The van der Waals surface area contributed by atoms with Crippen LogP contribution in [0.15, 0.2) is 18.2 Å². The van der Waals surface area contributed by atoms with Crippen molar-refractivity contribution in [3.05, 3.63) is 34.3 Å². The molecule has 0 amide bonds. The Morgan fingerprint density at radius 2 is 1.82 bits per heavy atom. The first-order valence-corrected chi connectivity index (χ1v) is 4.77. The molecule has 2 atom stereocenters. The zero-order valence-electron chi connectivity index (χ0n) is 8.24. The second-order valence-electron chi connectivity index (χ2n) is 3.29. The fraction of sp³-hybridized carbons (Fsp3) is 0.300. The molecule has 2 N–H and O–H groups in total. The molecule has 0 saturated carbocycles. The van der Waals surface area contributed by atoms with Gasteiger partial charge in [0.25, 0.3) is 0 Å². The van der Waals surface area contributed by atoms with Crippen LogP contribution in [0, 0.1) is 11.3 Å². The van der Waals surface area contributed by atoms with Crippen LogP contribution in [0.5, 0.6) is 0 Å². The zero-order chi connectivity index (χ0) is 13.2. The standard InChI is InChI=1S/C10H7ClF3NO2/c11-7-2-5(9(17)8(16)4-15)1-6(3-7)10(12,13)14/h1-3,8-9,16-17H. The summed E-state index contributed by atoms with van der Waals surface area (Å²) in [5.74, 6) is 0. The van der Waals surface area contributed by atoms with Crippen LogP contribution in [0.4, 0.5) is 13.2 Å². The molecule has 7 heteroatoms. The summed E-state index contributed by atoms with van der Waals surface area (Å²) in [6.45, 7) is 0. The fourth-order valence-electron chi connectivity index (χ4n) is 1.20. The summed E-state index contributed by atoms with van der Waals surface area (Å²) in [4.78, 5) is 0. The highest BCUT2D eigenvalue weighted by Crippen LogP contribution is 2.33.